The van der Waals surface area contributed by atoms with Crippen molar-refractivity contribution in [1.29, 1.82) is 0 Å². The Morgan fingerprint density at radius 3 is 2.14 bits per heavy atom. The highest BCUT2D eigenvalue weighted by Crippen LogP contribution is 2.15. The lowest BCUT2D eigenvalue weighted by Crippen LogP contribution is -1.93. The van der Waals surface area contributed by atoms with Crippen LogP contribution in [0.15, 0.2) is 19.2 Å². The van der Waals surface area contributed by atoms with E-state index in [2.05, 4.69) is 25.1 Å². The maximum Gasteiger partial charge on any atom is 0.0701 e. The molecule has 1 aromatic rings. The van der Waals surface area contributed by atoms with Gasteiger partial charge in [0.05, 0.1) is 5.69 Å². The van der Waals surface area contributed by atoms with Gasteiger partial charge in [-0.05, 0) is 31.6 Å². The van der Waals surface area contributed by atoms with Crippen LogP contribution < -0.4 is 0 Å². The molecule has 0 radical (unpaired) electrons. The molecule has 0 N–H and O–H groups in total. The summed E-state index contributed by atoms with van der Waals surface area (Å²) in [7, 11) is 0. The lowest BCUT2D eigenvalue weighted by atomic mass is 10.1. The maximum absolute atomic E-state index is 4.33. The number of aryl methyl sites for hydroxylation is 2. The van der Waals surface area contributed by atoms with Crippen LogP contribution in [0.25, 0.3) is 12.2 Å². The molecule has 1 aromatic heterocycles. The van der Waals surface area contributed by atoms with Crippen LogP contribution >= 0.6 is 0 Å². The third-order valence-corrected chi connectivity index (χ3v) is 1.82. The Bertz CT molecular complexity index is 324. The molecule has 0 aliphatic rings. The van der Waals surface area contributed by atoms with Gasteiger partial charge in [-0.25, -0.2) is 0 Å². The van der Waals surface area contributed by atoms with Crippen molar-refractivity contribution in [2.75, 3.05) is 0 Å². The first-order valence-electron chi connectivity index (χ1n) is 4.92. The Labute approximate surface area is 87.2 Å². The zero-order chi connectivity index (χ0) is 11.1. The highest BCUT2D eigenvalue weighted by molar-refractivity contribution is 5.63. The number of aromatic nitrogens is 1. The fraction of sp³-hybridized carbons (Fsp3) is 0.308. The Morgan fingerprint density at radius 2 is 1.71 bits per heavy atom. The molecule has 0 atom stereocenters. The Hall–Kier alpha value is -1.37. The predicted octanol–water partition coefficient (Wildman–Crippen LogP) is 4.01. The summed E-state index contributed by atoms with van der Waals surface area (Å²) < 4.78 is 0. The van der Waals surface area contributed by atoms with E-state index in [0.29, 0.717) is 0 Å². The molecule has 0 bridgehead atoms. The number of hydrogen-bond donors (Lipinski definition) is 0. The summed E-state index contributed by atoms with van der Waals surface area (Å²) in [6.07, 6.45) is 3.58. The Balaban J connectivity index is 0.000000791. The molecule has 0 fully saturated rings. The third-order valence-electron chi connectivity index (χ3n) is 1.82. The molecule has 0 unspecified atom stereocenters. The van der Waals surface area contributed by atoms with Gasteiger partial charge < -0.3 is 0 Å². The summed E-state index contributed by atoms with van der Waals surface area (Å²) in [6.45, 7) is 15.5. The Morgan fingerprint density at radius 1 is 1.14 bits per heavy atom. The number of hydrogen-bond acceptors (Lipinski definition) is 1. The van der Waals surface area contributed by atoms with Gasteiger partial charge in [-0.2, -0.15) is 0 Å². The second kappa shape index (κ2) is 6.14. The van der Waals surface area contributed by atoms with Crippen molar-refractivity contribution in [1.82, 2.24) is 4.98 Å². The van der Waals surface area contributed by atoms with Crippen LogP contribution in [0.5, 0.6) is 0 Å². The van der Waals surface area contributed by atoms with Gasteiger partial charge >= 0.3 is 0 Å². The van der Waals surface area contributed by atoms with E-state index in [-0.39, 0.29) is 0 Å². The van der Waals surface area contributed by atoms with Gasteiger partial charge in [0, 0.05) is 11.3 Å². The van der Waals surface area contributed by atoms with Crippen molar-refractivity contribution in [2.45, 2.75) is 27.7 Å². The molecule has 1 heterocycles. The average Bonchev–Trinajstić information content (AvgIpc) is 2.19. The molecule has 1 heteroatoms. The maximum atomic E-state index is 4.33. The van der Waals surface area contributed by atoms with Gasteiger partial charge in [-0.3, -0.25) is 4.98 Å². The zero-order valence-corrected chi connectivity index (χ0v) is 9.59. The van der Waals surface area contributed by atoms with Crippen molar-refractivity contribution < 1.29 is 0 Å². The monoisotopic (exact) mass is 189 g/mol. The minimum atomic E-state index is 0.919. The molecule has 0 saturated carbocycles. The van der Waals surface area contributed by atoms with Crippen LogP contribution in [0.4, 0.5) is 0 Å². The topological polar surface area (TPSA) is 12.9 Å². The van der Waals surface area contributed by atoms with Gasteiger partial charge in [0.1, 0.15) is 0 Å². The second-order valence-electron chi connectivity index (χ2n) is 2.79. The summed E-state index contributed by atoms with van der Waals surface area (Å²) >= 11 is 0. The molecule has 1 nitrogen and oxygen atoms in total. The van der Waals surface area contributed by atoms with Gasteiger partial charge in [0.15, 0.2) is 0 Å². The molecule has 0 amide bonds. The standard InChI is InChI=1S/C11H13N.C2H6/c1-5-10-8(3)7-9(4)12-11(10)6-2;1-2/h5-7H,1-2H2,3-4H3;1-2H3. The summed E-state index contributed by atoms with van der Waals surface area (Å²) in [5.41, 5.74) is 4.22. The highest BCUT2D eigenvalue weighted by atomic mass is 14.7. The van der Waals surface area contributed by atoms with Gasteiger partial charge in [-0.15, -0.1) is 0 Å². The first kappa shape index (κ1) is 12.6. The van der Waals surface area contributed by atoms with Crippen molar-refractivity contribution >= 4 is 12.2 Å². The van der Waals surface area contributed by atoms with E-state index < -0.39 is 0 Å². The first-order chi connectivity index (χ1) is 6.69. The summed E-state index contributed by atoms with van der Waals surface area (Å²) in [5.74, 6) is 0. The minimum absolute atomic E-state index is 0.919. The van der Waals surface area contributed by atoms with Crippen LogP contribution in [-0.2, 0) is 0 Å². The van der Waals surface area contributed by atoms with E-state index in [1.807, 2.05) is 32.9 Å². The molecule has 0 aliphatic carbocycles. The molecule has 14 heavy (non-hydrogen) atoms. The van der Waals surface area contributed by atoms with Crippen molar-refractivity contribution in [3.05, 3.63) is 41.7 Å². The highest BCUT2D eigenvalue weighted by Gasteiger charge is 2.01. The zero-order valence-electron chi connectivity index (χ0n) is 9.59. The SMILES string of the molecule is C=Cc1nc(C)cc(C)c1C=C.CC. The van der Waals surface area contributed by atoms with Gasteiger partial charge in [-0.1, -0.05) is 33.1 Å². The van der Waals surface area contributed by atoms with Crippen molar-refractivity contribution in [2.24, 2.45) is 0 Å². The van der Waals surface area contributed by atoms with Crippen LogP contribution in [-0.4, -0.2) is 4.98 Å². The normalized spacial score (nSPS) is 8.57. The quantitative estimate of drug-likeness (QED) is 0.685. The number of rotatable bonds is 2. The van der Waals surface area contributed by atoms with Crippen molar-refractivity contribution in [3.63, 3.8) is 0 Å². The summed E-state index contributed by atoms with van der Waals surface area (Å²) in [5, 5.41) is 0. The van der Waals surface area contributed by atoms with Crippen LogP contribution in [0.2, 0.25) is 0 Å². The molecule has 0 spiro atoms. The van der Waals surface area contributed by atoms with Gasteiger partial charge in [0.25, 0.3) is 0 Å². The fourth-order valence-corrected chi connectivity index (χ4v) is 1.30. The average molecular weight is 189 g/mol. The lowest BCUT2D eigenvalue weighted by Gasteiger charge is -2.05. The first-order valence-corrected chi connectivity index (χ1v) is 4.92. The predicted molar refractivity (Wildman–Crippen MR) is 65.2 cm³/mol. The van der Waals surface area contributed by atoms with E-state index in [1.54, 1.807) is 6.08 Å². The van der Waals surface area contributed by atoms with E-state index in [0.717, 1.165) is 17.0 Å². The fourth-order valence-electron chi connectivity index (χ4n) is 1.30. The number of pyridine rings is 1. The van der Waals surface area contributed by atoms with E-state index >= 15 is 0 Å². The largest absolute Gasteiger partial charge is 0.253 e. The summed E-state index contributed by atoms with van der Waals surface area (Å²) in [4.78, 5) is 4.33. The van der Waals surface area contributed by atoms with Crippen LogP contribution in [0.1, 0.15) is 36.4 Å². The van der Waals surface area contributed by atoms with Crippen molar-refractivity contribution in [3.8, 4) is 0 Å². The molecule has 0 saturated heterocycles. The van der Waals surface area contributed by atoms with E-state index in [1.165, 1.54) is 5.56 Å². The molecule has 76 valence electrons. The lowest BCUT2D eigenvalue weighted by molar-refractivity contribution is 1.15. The Kier molecular flexibility index (Phi) is 5.54. The molecule has 0 aromatic carbocycles. The minimum Gasteiger partial charge on any atom is -0.253 e. The number of nitrogens with zero attached hydrogens (tertiary/aromatic N) is 1. The van der Waals surface area contributed by atoms with E-state index in [4.69, 9.17) is 0 Å². The summed E-state index contributed by atoms with van der Waals surface area (Å²) in [6, 6.07) is 2.05. The van der Waals surface area contributed by atoms with Crippen LogP contribution in [0.3, 0.4) is 0 Å². The second-order valence-corrected chi connectivity index (χ2v) is 2.79. The molecular weight excluding hydrogens is 170 g/mol. The van der Waals surface area contributed by atoms with Gasteiger partial charge in [0.2, 0.25) is 0 Å². The third kappa shape index (κ3) is 2.84. The molecule has 1 rings (SSSR count). The molecular formula is C13H19N. The molecule has 0 aliphatic heterocycles. The van der Waals surface area contributed by atoms with Crippen LogP contribution in [0, 0.1) is 13.8 Å². The van der Waals surface area contributed by atoms with E-state index in [9.17, 15) is 0 Å². The smallest absolute Gasteiger partial charge is 0.0701 e.